The van der Waals surface area contributed by atoms with Gasteiger partial charge in [-0.05, 0) is 24.8 Å². The number of amides is 2. The molecule has 0 saturated carbocycles. The van der Waals surface area contributed by atoms with Gasteiger partial charge in [-0.2, -0.15) is 0 Å². The highest BCUT2D eigenvalue weighted by atomic mass is 32.2. The van der Waals surface area contributed by atoms with Gasteiger partial charge in [0.1, 0.15) is 0 Å². The van der Waals surface area contributed by atoms with Gasteiger partial charge in [-0.25, -0.2) is 17.9 Å². The Balaban J connectivity index is 1.77. The van der Waals surface area contributed by atoms with Crippen LogP contribution in [0.1, 0.15) is 18.4 Å². The van der Waals surface area contributed by atoms with Gasteiger partial charge in [0.25, 0.3) is 0 Å². The molecule has 1 heterocycles. The SMILES string of the molecule is CS(=O)(=O)N[C@@H]1CCCN(C(=O)NCCc2ccccc2)C1. The van der Waals surface area contributed by atoms with Gasteiger partial charge in [-0.15, -0.1) is 0 Å². The molecule has 0 spiro atoms. The average Bonchev–Trinajstić information content (AvgIpc) is 2.47. The van der Waals surface area contributed by atoms with E-state index < -0.39 is 10.0 Å². The number of sulfonamides is 1. The summed E-state index contributed by atoms with van der Waals surface area (Å²) in [5, 5.41) is 2.89. The number of carbonyl (C=O) groups is 1. The lowest BCUT2D eigenvalue weighted by atomic mass is 10.1. The number of hydrogen-bond donors (Lipinski definition) is 2. The van der Waals surface area contributed by atoms with Gasteiger partial charge in [0.2, 0.25) is 10.0 Å². The van der Waals surface area contributed by atoms with Crippen molar-refractivity contribution in [3.8, 4) is 0 Å². The quantitative estimate of drug-likeness (QED) is 0.846. The van der Waals surface area contributed by atoms with Gasteiger partial charge in [0.15, 0.2) is 0 Å². The van der Waals surface area contributed by atoms with Crippen LogP contribution in [0.3, 0.4) is 0 Å². The topological polar surface area (TPSA) is 78.5 Å². The number of carbonyl (C=O) groups excluding carboxylic acids is 1. The fourth-order valence-corrected chi connectivity index (χ4v) is 3.43. The molecule has 7 heteroatoms. The van der Waals surface area contributed by atoms with E-state index in [1.807, 2.05) is 30.3 Å². The highest BCUT2D eigenvalue weighted by Gasteiger charge is 2.25. The molecule has 2 amide bonds. The van der Waals surface area contributed by atoms with E-state index in [0.29, 0.717) is 19.6 Å². The molecule has 122 valence electrons. The normalized spacial score (nSPS) is 19.0. The first-order valence-corrected chi connectivity index (χ1v) is 9.37. The molecule has 1 saturated heterocycles. The Bertz CT molecular complexity index is 589. The Morgan fingerprint density at radius 1 is 1.32 bits per heavy atom. The van der Waals surface area contributed by atoms with Crippen LogP contribution in [0, 0.1) is 0 Å². The molecule has 2 rings (SSSR count). The van der Waals surface area contributed by atoms with E-state index in [2.05, 4.69) is 10.0 Å². The molecular weight excluding hydrogens is 302 g/mol. The van der Waals surface area contributed by atoms with E-state index in [0.717, 1.165) is 25.5 Å². The second-order valence-corrected chi connectivity index (χ2v) is 7.42. The van der Waals surface area contributed by atoms with Crippen molar-refractivity contribution in [3.63, 3.8) is 0 Å². The molecule has 0 bridgehead atoms. The number of piperidine rings is 1. The van der Waals surface area contributed by atoms with E-state index in [9.17, 15) is 13.2 Å². The van der Waals surface area contributed by atoms with Crippen molar-refractivity contribution >= 4 is 16.1 Å². The first kappa shape index (κ1) is 16.8. The third-order valence-electron chi connectivity index (χ3n) is 3.62. The highest BCUT2D eigenvalue weighted by Crippen LogP contribution is 2.11. The number of benzene rings is 1. The van der Waals surface area contributed by atoms with Crippen LogP contribution in [0.4, 0.5) is 4.79 Å². The van der Waals surface area contributed by atoms with Crippen LogP contribution in [0.2, 0.25) is 0 Å². The third kappa shape index (κ3) is 5.65. The van der Waals surface area contributed by atoms with Crippen molar-refractivity contribution in [3.05, 3.63) is 35.9 Å². The summed E-state index contributed by atoms with van der Waals surface area (Å²) in [7, 11) is -3.23. The molecule has 6 nitrogen and oxygen atoms in total. The summed E-state index contributed by atoms with van der Waals surface area (Å²) >= 11 is 0. The Kier molecular flexibility index (Phi) is 5.79. The van der Waals surface area contributed by atoms with Crippen molar-refractivity contribution in [2.75, 3.05) is 25.9 Å². The summed E-state index contributed by atoms with van der Waals surface area (Å²) in [4.78, 5) is 13.8. The number of likely N-dealkylation sites (tertiary alicyclic amines) is 1. The molecule has 0 aliphatic carbocycles. The minimum atomic E-state index is -3.23. The number of hydrogen-bond acceptors (Lipinski definition) is 3. The molecule has 0 radical (unpaired) electrons. The van der Waals surface area contributed by atoms with Crippen LogP contribution in [0.15, 0.2) is 30.3 Å². The number of nitrogens with zero attached hydrogens (tertiary/aromatic N) is 1. The summed E-state index contributed by atoms with van der Waals surface area (Å²) in [6.45, 7) is 1.66. The minimum Gasteiger partial charge on any atom is -0.338 e. The smallest absolute Gasteiger partial charge is 0.317 e. The summed E-state index contributed by atoms with van der Waals surface area (Å²) in [6.07, 6.45) is 3.50. The Morgan fingerprint density at radius 2 is 2.05 bits per heavy atom. The lowest BCUT2D eigenvalue weighted by Gasteiger charge is -2.32. The Labute approximate surface area is 131 Å². The van der Waals surface area contributed by atoms with Crippen LogP contribution in [0.25, 0.3) is 0 Å². The van der Waals surface area contributed by atoms with Gasteiger partial charge in [0, 0.05) is 25.7 Å². The molecule has 22 heavy (non-hydrogen) atoms. The molecular formula is C15H23N3O3S. The van der Waals surface area contributed by atoms with E-state index in [1.54, 1.807) is 4.90 Å². The average molecular weight is 325 g/mol. The van der Waals surface area contributed by atoms with Crippen molar-refractivity contribution < 1.29 is 13.2 Å². The van der Waals surface area contributed by atoms with Crippen LogP contribution in [-0.2, 0) is 16.4 Å². The number of rotatable bonds is 5. The zero-order valence-electron chi connectivity index (χ0n) is 12.8. The van der Waals surface area contributed by atoms with Gasteiger partial charge in [0.05, 0.1) is 6.26 Å². The van der Waals surface area contributed by atoms with E-state index in [4.69, 9.17) is 0 Å². The van der Waals surface area contributed by atoms with Gasteiger partial charge >= 0.3 is 6.03 Å². The van der Waals surface area contributed by atoms with Crippen molar-refractivity contribution in [2.24, 2.45) is 0 Å². The van der Waals surface area contributed by atoms with Crippen molar-refractivity contribution in [2.45, 2.75) is 25.3 Å². The highest BCUT2D eigenvalue weighted by molar-refractivity contribution is 7.88. The second-order valence-electron chi connectivity index (χ2n) is 5.64. The van der Waals surface area contributed by atoms with E-state index >= 15 is 0 Å². The molecule has 1 aromatic rings. The zero-order valence-corrected chi connectivity index (χ0v) is 13.6. The zero-order chi connectivity index (χ0) is 16.0. The lowest BCUT2D eigenvalue weighted by molar-refractivity contribution is 0.177. The number of urea groups is 1. The largest absolute Gasteiger partial charge is 0.338 e. The van der Waals surface area contributed by atoms with Gasteiger partial charge in [-0.1, -0.05) is 30.3 Å². The summed E-state index contributed by atoms with van der Waals surface area (Å²) in [5.74, 6) is 0. The fraction of sp³-hybridized carbons (Fsp3) is 0.533. The Hall–Kier alpha value is -1.60. The fourth-order valence-electron chi connectivity index (χ4n) is 2.63. The summed E-state index contributed by atoms with van der Waals surface area (Å²) in [6, 6.07) is 9.65. The van der Waals surface area contributed by atoms with Crippen molar-refractivity contribution in [1.29, 1.82) is 0 Å². The molecule has 1 fully saturated rings. The van der Waals surface area contributed by atoms with Gasteiger partial charge < -0.3 is 10.2 Å². The first-order chi connectivity index (χ1) is 10.4. The molecule has 1 aliphatic rings. The maximum atomic E-state index is 12.1. The maximum absolute atomic E-state index is 12.1. The Morgan fingerprint density at radius 3 is 2.73 bits per heavy atom. The van der Waals surface area contributed by atoms with Crippen LogP contribution in [-0.4, -0.2) is 51.3 Å². The summed E-state index contributed by atoms with van der Waals surface area (Å²) < 4.78 is 25.1. The standard InChI is InChI=1S/C15H23N3O3S/c1-22(20,21)17-14-8-5-11-18(12-14)15(19)16-10-9-13-6-3-2-4-7-13/h2-4,6-7,14,17H,5,8-12H2,1H3,(H,16,19)/t14-/m1/s1. The van der Waals surface area contributed by atoms with Crippen LogP contribution >= 0.6 is 0 Å². The minimum absolute atomic E-state index is 0.129. The molecule has 0 aromatic heterocycles. The molecule has 0 unspecified atom stereocenters. The van der Waals surface area contributed by atoms with Crippen molar-refractivity contribution in [1.82, 2.24) is 14.9 Å². The molecule has 2 N–H and O–H groups in total. The molecule has 1 atom stereocenters. The van der Waals surface area contributed by atoms with Gasteiger partial charge in [-0.3, -0.25) is 0 Å². The maximum Gasteiger partial charge on any atom is 0.317 e. The first-order valence-electron chi connectivity index (χ1n) is 7.48. The molecule has 1 aliphatic heterocycles. The predicted molar refractivity (Wildman–Crippen MR) is 86.1 cm³/mol. The number of nitrogens with one attached hydrogen (secondary N) is 2. The monoisotopic (exact) mass is 325 g/mol. The summed E-state index contributed by atoms with van der Waals surface area (Å²) in [5.41, 5.74) is 1.18. The third-order valence-corrected chi connectivity index (χ3v) is 4.38. The van der Waals surface area contributed by atoms with Crippen LogP contribution in [0.5, 0.6) is 0 Å². The van der Waals surface area contributed by atoms with Crippen LogP contribution < -0.4 is 10.0 Å². The molecule has 1 aromatic carbocycles. The lowest BCUT2D eigenvalue weighted by Crippen LogP contribution is -2.52. The predicted octanol–water partition coefficient (Wildman–Crippen LogP) is 0.952. The second kappa shape index (κ2) is 7.60. The van der Waals surface area contributed by atoms with E-state index in [1.165, 1.54) is 5.56 Å². The van der Waals surface area contributed by atoms with E-state index in [-0.39, 0.29) is 12.1 Å².